The third-order valence-electron chi connectivity index (χ3n) is 5.56. The minimum atomic E-state index is 0.0264. The van der Waals surface area contributed by atoms with Crippen molar-refractivity contribution in [3.63, 3.8) is 0 Å². The molecule has 4 heterocycles. The van der Waals surface area contributed by atoms with Crippen LogP contribution in [0.3, 0.4) is 0 Å². The molecule has 1 saturated heterocycles. The molecule has 1 aliphatic heterocycles. The average molecular weight is 431 g/mol. The molecule has 0 bridgehead atoms. The maximum Gasteiger partial charge on any atom is 0.257 e. The Kier molecular flexibility index (Phi) is 5.21. The number of benzene rings is 1. The van der Waals surface area contributed by atoms with Gasteiger partial charge in [-0.05, 0) is 42.6 Å². The highest BCUT2D eigenvalue weighted by atomic mass is 32.1. The minimum Gasteiger partial charge on any atom is -0.352 e. The van der Waals surface area contributed by atoms with Crippen LogP contribution in [-0.2, 0) is 0 Å². The lowest BCUT2D eigenvalue weighted by Gasteiger charge is -2.35. The number of piperazine rings is 1. The van der Waals surface area contributed by atoms with Crippen molar-refractivity contribution in [2.24, 2.45) is 0 Å². The van der Waals surface area contributed by atoms with Crippen LogP contribution in [-0.4, -0.2) is 57.0 Å². The van der Waals surface area contributed by atoms with Crippen LogP contribution in [0.4, 0.5) is 5.82 Å². The summed E-state index contributed by atoms with van der Waals surface area (Å²) in [5, 5.41) is 15.2. The van der Waals surface area contributed by atoms with Gasteiger partial charge in [0.2, 0.25) is 0 Å². The van der Waals surface area contributed by atoms with E-state index in [0.717, 1.165) is 40.9 Å². The second-order valence-electron chi connectivity index (χ2n) is 7.42. The van der Waals surface area contributed by atoms with E-state index in [0.29, 0.717) is 18.7 Å². The molecule has 31 heavy (non-hydrogen) atoms. The largest absolute Gasteiger partial charge is 0.352 e. The molecule has 0 spiro atoms. The number of anilines is 1. The van der Waals surface area contributed by atoms with E-state index in [1.165, 1.54) is 0 Å². The molecule has 4 aromatic rings. The zero-order valence-electron chi connectivity index (χ0n) is 17.2. The van der Waals surface area contributed by atoms with Crippen molar-refractivity contribution in [3.05, 3.63) is 77.4 Å². The van der Waals surface area contributed by atoms with Gasteiger partial charge in [-0.15, -0.1) is 21.5 Å². The molecular formula is C23H22N6OS. The first-order chi connectivity index (χ1) is 15.2. The molecule has 1 aliphatic rings. The number of amides is 1. The lowest BCUT2D eigenvalue weighted by Crippen LogP contribution is -2.49. The van der Waals surface area contributed by atoms with Gasteiger partial charge in [-0.3, -0.25) is 4.79 Å². The molecule has 7 nitrogen and oxygen atoms in total. The zero-order valence-corrected chi connectivity index (χ0v) is 18.0. The predicted molar refractivity (Wildman–Crippen MR) is 122 cm³/mol. The molecule has 8 heteroatoms. The molecule has 0 saturated carbocycles. The Hall–Kier alpha value is -3.52. The Bertz CT molecular complexity index is 1160. The molecule has 0 unspecified atom stereocenters. The van der Waals surface area contributed by atoms with E-state index < -0.39 is 0 Å². The van der Waals surface area contributed by atoms with Gasteiger partial charge in [0.15, 0.2) is 5.82 Å². The smallest absolute Gasteiger partial charge is 0.257 e. The van der Waals surface area contributed by atoms with Gasteiger partial charge in [-0.1, -0.05) is 24.3 Å². The van der Waals surface area contributed by atoms with Crippen molar-refractivity contribution in [2.75, 3.05) is 31.1 Å². The first-order valence-corrected chi connectivity index (χ1v) is 11.1. The molecule has 0 aliphatic carbocycles. The Morgan fingerprint density at radius 2 is 1.74 bits per heavy atom. The van der Waals surface area contributed by atoms with Crippen molar-refractivity contribution >= 4 is 23.1 Å². The van der Waals surface area contributed by atoms with E-state index >= 15 is 0 Å². The molecule has 1 amide bonds. The molecule has 0 N–H and O–H groups in total. The van der Waals surface area contributed by atoms with Crippen LogP contribution in [0.25, 0.3) is 16.3 Å². The van der Waals surface area contributed by atoms with E-state index in [2.05, 4.69) is 20.2 Å². The Morgan fingerprint density at radius 3 is 2.42 bits per heavy atom. The minimum absolute atomic E-state index is 0.0264. The van der Waals surface area contributed by atoms with Crippen molar-refractivity contribution < 1.29 is 4.79 Å². The van der Waals surface area contributed by atoms with Crippen LogP contribution in [0.1, 0.15) is 16.1 Å². The van der Waals surface area contributed by atoms with Gasteiger partial charge >= 0.3 is 0 Å². The van der Waals surface area contributed by atoms with Gasteiger partial charge in [0.25, 0.3) is 5.91 Å². The summed E-state index contributed by atoms with van der Waals surface area (Å²) < 4.78 is 1.81. The molecule has 0 radical (unpaired) electrons. The molecule has 5 rings (SSSR count). The summed E-state index contributed by atoms with van der Waals surface area (Å²) in [7, 11) is 0. The Balaban J connectivity index is 1.25. The van der Waals surface area contributed by atoms with E-state index in [1.54, 1.807) is 17.5 Å². The van der Waals surface area contributed by atoms with Gasteiger partial charge in [0.1, 0.15) is 5.69 Å². The molecule has 0 atom stereocenters. The van der Waals surface area contributed by atoms with Crippen molar-refractivity contribution in [1.82, 2.24) is 24.9 Å². The van der Waals surface area contributed by atoms with Crippen LogP contribution < -0.4 is 4.90 Å². The maximum absolute atomic E-state index is 13.1. The summed E-state index contributed by atoms with van der Waals surface area (Å²) in [6, 6.07) is 17.9. The van der Waals surface area contributed by atoms with Gasteiger partial charge < -0.3 is 9.80 Å². The van der Waals surface area contributed by atoms with Gasteiger partial charge in [-0.25, -0.2) is 4.68 Å². The van der Waals surface area contributed by atoms with E-state index in [9.17, 15) is 4.79 Å². The quantitative estimate of drug-likeness (QED) is 0.494. The lowest BCUT2D eigenvalue weighted by molar-refractivity contribution is 0.0745. The molecule has 1 fully saturated rings. The summed E-state index contributed by atoms with van der Waals surface area (Å²) in [6.45, 7) is 4.68. The number of nitrogens with zero attached hydrogens (tertiary/aromatic N) is 6. The topological polar surface area (TPSA) is 67.2 Å². The average Bonchev–Trinajstić information content (AvgIpc) is 3.50. The number of thiophene rings is 1. The van der Waals surface area contributed by atoms with Gasteiger partial charge in [0, 0.05) is 26.2 Å². The highest BCUT2D eigenvalue weighted by Crippen LogP contribution is 2.24. The van der Waals surface area contributed by atoms with Gasteiger partial charge in [-0.2, -0.15) is 5.10 Å². The fourth-order valence-corrected chi connectivity index (χ4v) is 4.50. The first kappa shape index (κ1) is 19.4. The number of carbonyl (C=O) groups excluding carboxylic acids is 1. The number of rotatable bonds is 4. The SMILES string of the molecule is Cc1c(C(=O)N2CCN(c3ccc(-c4cccs4)nn3)CC2)cnn1-c1ccccc1. The van der Waals surface area contributed by atoms with E-state index in [1.807, 2.05) is 76.5 Å². The van der Waals surface area contributed by atoms with E-state index in [-0.39, 0.29) is 5.91 Å². The maximum atomic E-state index is 13.1. The van der Waals surface area contributed by atoms with Gasteiger partial charge in [0.05, 0.1) is 28.0 Å². The number of para-hydroxylation sites is 1. The summed E-state index contributed by atoms with van der Waals surface area (Å²) in [4.78, 5) is 18.3. The molecule has 1 aromatic carbocycles. The van der Waals surface area contributed by atoms with Crippen molar-refractivity contribution in [3.8, 4) is 16.3 Å². The standard InChI is InChI=1S/C23H22N6OS/c1-17-19(16-24-29(17)18-6-3-2-4-7-18)23(30)28-13-11-27(12-14-28)22-10-9-20(25-26-22)21-8-5-15-31-21/h2-10,15-16H,11-14H2,1H3. The highest BCUT2D eigenvalue weighted by molar-refractivity contribution is 7.13. The number of hydrogen-bond donors (Lipinski definition) is 0. The van der Waals surface area contributed by atoms with Crippen LogP contribution in [0.5, 0.6) is 0 Å². The molecular weight excluding hydrogens is 408 g/mol. The van der Waals surface area contributed by atoms with Crippen LogP contribution >= 0.6 is 11.3 Å². The fraction of sp³-hybridized carbons (Fsp3) is 0.217. The number of carbonyl (C=O) groups is 1. The zero-order chi connectivity index (χ0) is 21.2. The second kappa shape index (κ2) is 8.31. The monoisotopic (exact) mass is 430 g/mol. The summed E-state index contributed by atoms with van der Waals surface area (Å²) >= 11 is 1.65. The van der Waals surface area contributed by atoms with Crippen LogP contribution in [0.15, 0.2) is 66.2 Å². The summed E-state index contributed by atoms with van der Waals surface area (Å²) in [5.41, 5.74) is 3.35. The first-order valence-electron chi connectivity index (χ1n) is 10.2. The molecule has 3 aromatic heterocycles. The third-order valence-corrected chi connectivity index (χ3v) is 6.45. The normalized spacial score (nSPS) is 14.1. The van der Waals surface area contributed by atoms with Crippen LogP contribution in [0, 0.1) is 6.92 Å². The summed E-state index contributed by atoms with van der Waals surface area (Å²) in [5.74, 6) is 0.874. The molecule has 156 valence electrons. The second-order valence-corrected chi connectivity index (χ2v) is 8.37. The van der Waals surface area contributed by atoms with E-state index in [4.69, 9.17) is 0 Å². The lowest BCUT2D eigenvalue weighted by atomic mass is 10.2. The van der Waals surface area contributed by atoms with Crippen molar-refractivity contribution in [2.45, 2.75) is 6.92 Å². The third kappa shape index (κ3) is 3.82. The number of aromatic nitrogens is 4. The highest BCUT2D eigenvalue weighted by Gasteiger charge is 2.26. The fourth-order valence-electron chi connectivity index (χ4n) is 3.81. The predicted octanol–water partition coefficient (Wildman–Crippen LogP) is 3.66. The number of hydrogen-bond acceptors (Lipinski definition) is 6. The Labute approximate surface area is 184 Å². The Morgan fingerprint density at radius 1 is 0.935 bits per heavy atom. The van der Waals surface area contributed by atoms with Crippen molar-refractivity contribution in [1.29, 1.82) is 0 Å². The summed E-state index contributed by atoms with van der Waals surface area (Å²) in [6.07, 6.45) is 1.67. The van der Waals surface area contributed by atoms with Crippen LogP contribution in [0.2, 0.25) is 0 Å².